The molecule has 5 heteroatoms. The minimum atomic E-state index is -0.0227. The number of hydrogen-bond donors (Lipinski definition) is 2. The van der Waals surface area contributed by atoms with Crippen molar-refractivity contribution in [2.75, 3.05) is 13.7 Å². The fraction of sp³-hybridized carbons (Fsp3) is 0.429. The molecule has 1 atom stereocenters. The molecule has 0 aromatic carbocycles. The fourth-order valence-corrected chi connectivity index (χ4v) is 0.914. The standard InChI is InChI=1S/C7H12N4O/c1-12-5-7(11-8)6-2-3-9-10-4-6/h2-4,7,11H,5,8H2,1H3. The molecule has 1 heterocycles. The molecule has 0 radical (unpaired) electrons. The molecule has 0 amide bonds. The molecule has 1 aromatic heterocycles. The highest BCUT2D eigenvalue weighted by Gasteiger charge is 2.07. The average Bonchev–Trinajstić information content (AvgIpc) is 2.15. The van der Waals surface area contributed by atoms with Crippen molar-refractivity contribution in [1.82, 2.24) is 15.6 Å². The summed E-state index contributed by atoms with van der Waals surface area (Å²) in [4.78, 5) is 0. The van der Waals surface area contributed by atoms with Crippen molar-refractivity contribution >= 4 is 0 Å². The fourth-order valence-electron chi connectivity index (χ4n) is 0.914. The monoisotopic (exact) mass is 168 g/mol. The molecule has 0 spiro atoms. The van der Waals surface area contributed by atoms with E-state index in [9.17, 15) is 0 Å². The molecule has 5 nitrogen and oxygen atoms in total. The van der Waals surface area contributed by atoms with Gasteiger partial charge in [-0.05, 0) is 11.6 Å². The largest absolute Gasteiger partial charge is 0.383 e. The first-order chi connectivity index (χ1) is 5.88. The van der Waals surface area contributed by atoms with Gasteiger partial charge < -0.3 is 4.74 Å². The van der Waals surface area contributed by atoms with Crippen LogP contribution in [-0.4, -0.2) is 23.9 Å². The topological polar surface area (TPSA) is 73.1 Å². The normalized spacial score (nSPS) is 12.8. The van der Waals surface area contributed by atoms with Crippen molar-refractivity contribution in [3.63, 3.8) is 0 Å². The number of rotatable bonds is 4. The van der Waals surface area contributed by atoms with E-state index in [1.165, 1.54) is 0 Å². The van der Waals surface area contributed by atoms with E-state index in [1.807, 2.05) is 6.07 Å². The van der Waals surface area contributed by atoms with Crippen molar-refractivity contribution in [2.45, 2.75) is 6.04 Å². The number of nitrogens with one attached hydrogen (secondary N) is 1. The van der Waals surface area contributed by atoms with E-state index >= 15 is 0 Å². The minimum absolute atomic E-state index is 0.0227. The van der Waals surface area contributed by atoms with E-state index in [1.54, 1.807) is 19.5 Å². The third-order valence-corrected chi connectivity index (χ3v) is 1.54. The maximum Gasteiger partial charge on any atom is 0.0709 e. The molecular weight excluding hydrogens is 156 g/mol. The summed E-state index contributed by atoms with van der Waals surface area (Å²) < 4.78 is 4.96. The zero-order valence-corrected chi connectivity index (χ0v) is 6.90. The van der Waals surface area contributed by atoms with Crippen molar-refractivity contribution < 1.29 is 4.74 Å². The molecule has 3 N–H and O–H groups in total. The third-order valence-electron chi connectivity index (χ3n) is 1.54. The Morgan fingerprint density at radius 3 is 3.00 bits per heavy atom. The first kappa shape index (κ1) is 9.05. The van der Waals surface area contributed by atoms with Gasteiger partial charge in [-0.1, -0.05) is 0 Å². The van der Waals surface area contributed by atoms with Crippen LogP contribution in [0.15, 0.2) is 18.5 Å². The van der Waals surface area contributed by atoms with Gasteiger partial charge in [-0.15, -0.1) is 0 Å². The Bertz CT molecular complexity index is 216. The predicted molar refractivity (Wildman–Crippen MR) is 44.0 cm³/mol. The van der Waals surface area contributed by atoms with Crippen molar-refractivity contribution in [2.24, 2.45) is 5.84 Å². The van der Waals surface area contributed by atoms with Gasteiger partial charge >= 0.3 is 0 Å². The van der Waals surface area contributed by atoms with Crippen molar-refractivity contribution in [1.29, 1.82) is 0 Å². The summed E-state index contributed by atoms with van der Waals surface area (Å²) in [5.74, 6) is 5.31. The molecule has 0 aliphatic heterocycles. The highest BCUT2D eigenvalue weighted by Crippen LogP contribution is 2.08. The van der Waals surface area contributed by atoms with Gasteiger partial charge in [-0.2, -0.15) is 10.2 Å². The van der Waals surface area contributed by atoms with Gasteiger partial charge in [0.2, 0.25) is 0 Å². The quantitative estimate of drug-likeness (QED) is 0.474. The summed E-state index contributed by atoms with van der Waals surface area (Å²) in [5, 5.41) is 7.40. The Morgan fingerprint density at radius 1 is 1.67 bits per heavy atom. The molecule has 0 fully saturated rings. The number of ether oxygens (including phenoxy) is 1. The molecule has 1 rings (SSSR count). The number of hydrazine groups is 1. The van der Waals surface area contributed by atoms with E-state index in [0.29, 0.717) is 6.61 Å². The van der Waals surface area contributed by atoms with Crippen LogP contribution >= 0.6 is 0 Å². The third kappa shape index (κ3) is 2.23. The van der Waals surface area contributed by atoms with Crippen LogP contribution in [0.3, 0.4) is 0 Å². The van der Waals surface area contributed by atoms with E-state index in [4.69, 9.17) is 10.6 Å². The van der Waals surface area contributed by atoms with Gasteiger partial charge in [-0.3, -0.25) is 11.3 Å². The van der Waals surface area contributed by atoms with E-state index in [0.717, 1.165) is 5.56 Å². The van der Waals surface area contributed by atoms with Crippen molar-refractivity contribution in [3.8, 4) is 0 Å². The SMILES string of the molecule is COCC(NN)c1ccnnc1. The zero-order valence-electron chi connectivity index (χ0n) is 6.90. The second kappa shape index (κ2) is 4.76. The Morgan fingerprint density at radius 2 is 2.50 bits per heavy atom. The van der Waals surface area contributed by atoms with E-state index in [2.05, 4.69) is 15.6 Å². The van der Waals surface area contributed by atoms with Gasteiger partial charge in [0.15, 0.2) is 0 Å². The van der Waals surface area contributed by atoms with Crippen molar-refractivity contribution in [3.05, 3.63) is 24.0 Å². The van der Waals surface area contributed by atoms with Crippen LogP contribution in [-0.2, 0) is 4.74 Å². The minimum Gasteiger partial charge on any atom is -0.383 e. The van der Waals surface area contributed by atoms with Gasteiger partial charge in [0.05, 0.1) is 18.8 Å². The lowest BCUT2D eigenvalue weighted by Crippen LogP contribution is -2.31. The maximum absolute atomic E-state index is 5.31. The zero-order chi connectivity index (χ0) is 8.81. The molecule has 0 bridgehead atoms. The molecule has 1 unspecified atom stereocenters. The van der Waals surface area contributed by atoms with E-state index in [-0.39, 0.29) is 6.04 Å². The average molecular weight is 168 g/mol. The highest BCUT2D eigenvalue weighted by molar-refractivity contribution is 5.10. The lowest BCUT2D eigenvalue weighted by Gasteiger charge is -2.13. The second-order valence-corrected chi connectivity index (χ2v) is 2.35. The van der Waals surface area contributed by atoms with Gasteiger partial charge in [0.25, 0.3) is 0 Å². The van der Waals surface area contributed by atoms with Gasteiger partial charge in [0.1, 0.15) is 0 Å². The summed E-state index contributed by atoms with van der Waals surface area (Å²) in [7, 11) is 1.62. The van der Waals surface area contributed by atoms with Crippen LogP contribution in [0.1, 0.15) is 11.6 Å². The molecule has 0 saturated carbocycles. The van der Waals surface area contributed by atoms with Gasteiger partial charge in [0, 0.05) is 13.3 Å². The van der Waals surface area contributed by atoms with Gasteiger partial charge in [-0.25, -0.2) is 0 Å². The predicted octanol–water partition coefficient (Wildman–Crippen LogP) is -0.373. The molecule has 0 aliphatic carbocycles. The molecule has 0 saturated heterocycles. The van der Waals surface area contributed by atoms with Crippen LogP contribution in [0.5, 0.6) is 0 Å². The summed E-state index contributed by atoms with van der Waals surface area (Å²) >= 11 is 0. The number of aromatic nitrogens is 2. The number of nitrogens with zero attached hydrogens (tertiary/aromatic N) is 2. The first-order valence-corrected chi connectivity index (χ1v) is 3.60. The summed E-state index contributed by atoms with van der Waals surface area (Å²) in [5.41, 5.74) is 3.59. The van der Waals surface area contributed by atoms with Crippen LogP contribution in [0.25, 0.3) is 0 Å². The number of methoxy groups -OCH3 is 1. The smallest absolute Gasteiger partial charge is 0.0709 e. The molecule has 1 aromatic rings. The van der Waals surface area contributed by atoms with Crippen LogP contribution in [0.2, 0.25) is 0 Å². The number of nitrogens with two attached hydrogens (primary N) is 1. The summed E-state index contributed by atoms with van der Waals surface area (Å²) in [6.07, 6.45) is 3.28. The van der Waals surface area contributed by atoms with Crippen LogP contribution in [0, 0.1) is 0 Å². The molecule has 66 valence electrons. The van der Waals surface area contributed by atoms with Crippen LogP contribution < -0.4 is 11.3 Å². The maximum atomic E-state index is 5.31. The highest BCUT2D eigenvalue weighted by atomic mass is 16.5. The van der Waals surface area contributed by atoms with E-state index < -0.39 is 0 Å². The Labute approximate surface area is 70.9 Å². The lowest BCUT2D eigenvalue weighted by molar-refractivity contribution is 0.167. The lowest BCUT2D eigenvalue weighted by atomic mass is 10.1. The Hall–Kier alpha value is -1.04. The second-order valence-electron chi connectivity index (χ2n) is 2.35. The number of hydrogen-bond acceptors (Lipinski definition) is 5. The molecular formula is C7H12N4O. The van der Waals surface area contributed by atoms with Crippen LogP contribution in [0.4, 0.5) is 0 Å². The first-order valence-electron chi connectivity index (χ1n) is 3.60. The summed E-state index contributed by atoms with van der Waals surface area (Å²) in [6.45, 7) is 0.516. The Balaban J connectivity index is 2.66. The Kier molecular flexibility index (Phi) is 3.59. The molecule has 12 heavy (non-hydrogen) atoms. The molecule has 0 aliphatic rings. The summed E-state index contributed by atoms with van der Waals surface area (Å²) in [6, 6.07) is 1.82.